The first-order chi connectivity index (χ1) is 6.20. The number of hydrogen-bond donors (Lipinski definition) is 2. The SMILES string of the molecule is CC(C)[C@H](C)CNCc1c[nH]cn1. The molecule has 0 aromatic carbocycles. The van der Waals surface area contributed by atoms with Gasteiger partial charge in [0.1, 0.15) is 0 Å². The number of imidazole rings is 1. The highest BCUT2D eigenvalue weighted by atomic mass is 14.9. The maximum Gasteiger partial charge on any atom is 0.0923 e. The minimum absolute atomic E-state index is 0.721. The van der Waals surface area contributed by atoms with Gasteiger partial charge in [0.25, 0.3) is 0 Å². The zero-order chi connectivity index (χ0) is 9.68. The Kier molecular flexibility index (Phi) is 3.96. The molecule has 0 saturated carbocycles. The average Bonchev–Trinajstić information content (AvgIpc) is 2.56. The molecule has 0 unspecified atom stereocenters. The van der Waals surface area contributed by atoms with Crippen molar-refractivity contribution in [1.82, 2.24) is 15.3 Å². The largest absolute Gasteiger partial charge is 0.351 e. The van der Waals surface area contributed by atoms with Gasteiger partial charge >= 0.3 is 0 Å². The van der Waals surface area contributed by atoms with Crippen molar-refractivity contribution in [2.45, 2.75) is 27.3 Å². The van der Waals surface area contributed by atoms with Crippen molar-refractivity contribution < 1.29 is 0 Å². The van der Waals surface area contributed by atoms with Crippen LogP contribution < -0.4 is 5.32 Å². The first kappa shape index (κ1) is 10.3. The van der Waals surface area contributed by atoms with Crippen molar-refractivity contribution in [3.8, 4) is 0 Å². The third kappa shape index (κ3) is 3.59. The molecule has 1 rings (SSSR count). The van der Waals surface area contributed by atoms with E-state index in [1.165, 1.54) is 0 Å². The number of aromatic nitrogens is 2. The summed E-state index contributed by atoms with van der Waals surface area (Å²) in [7, 11) is 0. The van der Waals surface area contributed by atoms with Crippen molar-refractivity contribution >= 4 is 0 Å². The number of H-pyrrole nitrogens is 1. The predicted molar refractivity (Wildman–Crippen MR) is 54.3 cm³/mol. The number of nitrogens with zero attached hydrogens (tertiary/aromatic N) is 1. The molecule has 0 amide bonds. The minimum Gasteiger partial charge on any atom is -0.351 e. The monoisotopic (exact) mass is 181 g/mol. The third-order valence-electron chi connectivity index (χ3n) is 2.47. The Balaban J connectivity index is 2.14. The lowest BCUT2D eigenvalue weighted by Gasteiger charge is -2.15. The summed E-state index contributed by atoms with van der Waals surface area (Å²) in [5.74, 6) is 1.46. The van der Waals surface area contributed by atoms with E-state index in [9.17, 15) is 0 Å². The lowest BCUT2D eigenvalue weighted by Crippen LogP contribution is -2.23. The summed E-state index contributed by atoms with van der Waals surface area (Å²) >= 11 is 0. The summed E-state index contributed by atoms with van der Waals surface area (Å²) in [5.41, 5.74) is 1.08. The smallest absolute Gasteiger partial charge is 0.0923 e. The van der Waals surface area contributed by atoms with Crippen molar-refractivity contribution in [3.63, 3.8) is 0 Å². The quantitative estimate of drug-likeness (QED) is 0.727. The molecular formula is C10H19N3. The molecule has 2 N–H and O–H groups in total. The van der Waals surface area contributed by atoms with E-state index in [4.69, 9.17) is 0 Å². The lowest BCUT2D eigenvalue weighted by atomic mass is 9.98. The van der Waals surface area contributed by atoms with Gasteiger partial charge in [0.2, 0.25) is 0 Å². The Morgan fingerprint density at radius 2 is 2.23 bits per heavy atom. The van der Waals surface area contributed by atoms with Gasteiger partial charge in [-0.2, -0.15) is 0 Å². The lowest BCUT2D eigenvalue weighted by molar-refractivity contribution is 0.392. The van der Waals surface area contributed by atoms with E-state index in [1.54, 1.807) is 6.33 Å². The first-order valence-corrected chi connectivity index (χ1v) is 4.88. The Labute approximate surface area is 80.0 Å². The van der Waals surface area contributed by atoms with Crippen LogP contribution in [0.25, 0.3) is 0 Å². The first-order valence-electron chi connectivity index (χ1n) is 4.88. The summed E-state index contributed by atoms with van der Waals surface area (Å²) in [5, 5.41) is 3.39. The van der Waals surface area contributed by atoms with Crippen LogP contribution in [0.15, 0.2) is 12.5 Å². The standard InChI is InChI=1S/C10H19N3/c1-8(2)9(3)4-11-5-10-6-12-7-13-10/h6-9,11H,4-5H2,1-3H3,(H,12,13)/t9-/m1/s1. The van der Waals surface area contributed by atoms with E-state index < -0.39 is 0 Å². The van der Waals surface area contributed by atoms with E-state index in [0.29, 0.717) is 0 Å². The highest BCUT2D eigenvalue weighted by Crippen LogP contribution is 2.07. The molecule has 3 nitrogen and oxygen atoms in total. The fourth-order valence-corrected chi connectivity index (χ4v) is 1.05. The van der Waals surface area contributed by atoms with Crippen molar-refractivity contribution in [2.75, 3.05) is 6.54 Å². The van der Waals surface area contributed by atoms with E-state index in [-0.39, 0.29) is 0 Å². The molecule has 0 aliphatic heterocycles. The maximum atomic E-state index is 4.14. The second-order valence-corrected chi connectivity index (χ2v) is 3.91. The maximum absolute atomic E-state index is 4.14. The summed E-state index contributed by atoms with van der Waals surface area (Å²) in [4.78, 5) is 7.08. The molecule has 1 aromatic rings. The average molecular weight is 181 g/mol. The van der Waals surface area contributed by atoms with Gasteiger partial charge in [0.05, 0.1) is 12.0 Å². The van der Waals surface area contributed by atoms with E-state index in [0.717, 1.165) is 30.6 Å². The second kappa shape index (κ2) is 5.02. The van der Waals surface area contributed by atoms with Crippen LogP contribution in [0, 0.1) is 11.8 Å². The molecule has 0 aliphatic rings. The molecule has 0 spiro atoms. The molecule has 0 saturated heterocycles. The molecule has 74 valence electrons. The molecule has 1 aromatic heterocycles. The molecule has 0 aliphatic carbocycles. The second-order valence-electron chi connectivity index (χ2n) is 3.91. The van der Waals surface area contributed by atoms with Crippen LogP contribution >= 0.6 is 0 Å². The van der Waals surface area contributed by atoms with Crippen LogP contribution in [-0.4, -0.2) is 16.5 Å². The van der Waals surface area contributed by atoms with Crippen LogP contribution in [0.2, 0.25) is 0 Å². The summed E-state index contributed by atoms with van der Waals surface area (Å²) < 4.78 is 0. The fourth-order valence-electron chi connectivity index (χ4n) is 1.05. The van der Waals surface area contributed by atoms with Gasteiger partial charge in [-0.25, -0.2) is 4.98 Å². The van der Waals surface area contributed by atoms with Gasteiger partial charge in [0.15, 0.2) is 0 Å². The van der Waals surface area contributed by atoms with Gasteiger partial charge in [-0.15, -0.1) is 0 Å². The molecular weight excluding hydrogens is 162 g/mol. The molecule has 0 bridgehead atoms. The van der Waals surface area contributed by atoms with Gasteiger partial charge in [-0.05, 0) is 18.4 Å². The van der Waals surface area contributed by atoms with E-state index in [1.807, 2.05) is 6.20 Å². The predicted octanol–water partition coefficient (Wildman–Crippen LogP) is 1.79. The Bertz CT molecular complexity index is 216. The zero-order valence-corrected chi connectivity index (χ0v) is 8.67. The number of nitrogens with one attached hydrogen (secondary N) is 2. The van der Waals surface area contributed by atoms with Gasteiger partial charge in [0, 0.05) is 12.7 Å². The normalized spacial score (nSPS) is 13.5. The Morgan fingerprint density at radius 1 is 1.46 bits per heavy atom. The van der Waals surface area contributed by atoms with E-state index >= 15 is 0 Å². The van der Waals surface area contributed by atoms with Crippen molar-refractivity contribution in [2.24, 2.45) is 11.8 Å². The highest BCUT2D eigenvalue weighted by Gasteiger charge is 2.05. The molecule has 13 heavy (non-hydrogen) atoms. The Hall–Kier alpha value is -0.830. The summed E-state index contributed by atoms with van der Waals surface area (Å²) in [6, 6.07) is 0. The topological polar surface area (TPSA) is 40.7 Å². The summed E-state index contributed by atoms with van der Waals surface area (Å²) in [6.07, 6.45) is 3.63. The number of rotatable bonds is 5. The van der Waals surface area contributed by atoms with Crippen molar-refractivity contribution in [3.05, 3.63) is 18.2 Å². The number of hydrogen-bond acceptors (Lipinski definition) is 2. The fraction of sp³-hybridized carbons (Fsp3) is 0.700. The molecule has 1 atom stereocenters. The molecule has 0 radical (unpaired) electrons. The summed E-state index contributed by atoms with van der Waals surface area (Å²) in [6.45, 7) is 8.69. The van der Waals surface area contributed by atoms with Crippen LogP contribution in [0.1, 0.15) is 26.5 Å². The van der Waals surface area contributed by atoms with Crippen molar-refractivity contribution in [1.29, 1.82) is 0 Å². The van der Waals surface area contributed by atoms with Crippen LogP contribution in [0.4, 0.5) is 0 Å². The molecule has 0 fully saturated rings. The van der Waals surface area contributed by atoms with Gasteiger partial charge in [-0.1, -0.05) is 20.8 Å². The van der Waals surface area contributed by atoms with E-state index in [2.05, 4.69) is 36.1 Å². The van der Waals surface area contributed by atoms with Crippen LogP contribution in [0.5, 0.6) is 0 Å². The van der Waals surface area contributed by atoms with Gasteiger partial charge < -0.3 is 10.3 Å². The molecule has 1 heterocycles. The Morgan fingerprint density at radius 3 is 2.77 bits per heavy atom. The third-order valence-corrected chi connectivity index (χ3v) is 2.47. The van der Waals surface area contributed by atoms with Crippen LogP contribution in [0.3, 0.4) is 0 Å². The minimum atomic E-state index is 0.721. The zero-order valence-electron chi connectivity index (χ0n) is 8.67. The van der Waals surface area contributed by atoms with Gasteiger partial charge in [-0.3, -0.25) is 0 Å². The van der Waals surface area contributed by atoms with Crippen LogP contribution in [-0.2, 0) is 6.54 Å². The molecule has 3 heteroatoms. The highest BCUT2D eigenvalue weighted by molar-refractivity contribution is 4.93. The number of aromatic amines is 1.